The summed E-state index contributed by atoms with van der Waals surface area (Å²) < 4.78 is 0. The number of nitrogens with one attached hydrogen (secondary N) is 1. The summed E-state index contributed by atoms with van der Waals surface area (Å²) in [7, 11) is 0. The van der Waals surface area contributed by atoms with Gasteiger partial charge in [0.25, 0.3) is 0 Å². The van der Waals surface area contributed by atoms with Crippen molar-refractivity contribution in [2.75, 3.05) is 38.0 Å². The second-order valence-corrected chi connectivity index (χ2v) is 6.79. The van der Waals surface area contributed by atoms with Crippen LogP contribution in [0.5, 0.6) is 0 Å². The highest BCUT2D eigenvalue weighted by atomic mass is 32.1. The molecule has 0 spiro atoms. The summed E-state index contributed by atoms with van der Waals surface area (Å²) in [5.74, 6) is -0.151. The molecule has 0 bridgehead atoms. The van der Waals surface area contributed by atoms with Gasteiger partial charge in [-0.1, -0.05) is 24.3 Å². The lowest BCUT2D eigenvalue weighted by Crippen LogP contribution is -2.35. The number of hydrogen-bond acceptors (Lipinski definition) is 6. The Bertz CT molecular complexity index is 575. The molecule has 1 fully saturated rings. The third-order valence-corrected chi connectivity index (χ3v) is 4.89. The van der Waals surface area contributed by atoms with Gasteiger partial charge < -0.3 is 10.2 Å². The quantitative estimate of drug-likeness (QED) is 0.754. The SMILES string of the molecule is C=CCN1CCCN(C(=O)CCC(=O)Nc2nnc(CC)s2)CC1. The van der Waals surface area contributed by atoms with E-state index in [1.807, 2.05) is 17.9 Å². The molecule has 24 heavy (non-hydrogen) atoms. The smallest absolute Gasteiger partial charge is 0.226 e. The van der Waals surface area contributed by atoms with Crippen LogP contribution in [0.4, 0.5) is 5.13 Å². The maximum atomic E-state index is 12.3. The minimum atomic E-state index is -0.190. The maximum absolute atomic E-state index is 12.3. The van der Waals surface area contributed by atoms with Crippen LogP contribution in [0.1, 0.15) is 31.2 Å². The van der Waals surface area contributed by atoms with E-state index in [1.54, 1.807) is 0 Å². The Labute approximate surface area is 146 Å². The number of carbonyl (C=O) groups is 2. The van der Waals surface area contributed by atoms with Gasteiger partial charge >= 0.3 is 0 Å². The Morgan fingerprint density at radius 2 is 2.08 bits per heavy atom. The van der Waals surface area contributed by atoms with Gasteiger partial charge in [-0.2, -0.15) is 0 Å². The molecule has 1 aromatic heterocycles. The van der Waals surface area contributed by atoms with Gasteiger partial charge in [0.15, 0.2) is 0 Å². The first-order chi connectivity index (χ1) is 11.6. The Hall–Kier alpha value is -1.80. The van der Waals surface area contributed by atoms with Crippen LogP contribution in [-0.4, -0.2) is 64.5 Å². The predicted octanol–water partition coefficient (Wildman–Crippen LogP) is 1.54. The third kappa shape index (κ3) is 5.68. The third-order valence-electron chi connectivity index (χ3n) is 3.91. The van der Waals surface area contributed by atoms with E-state index in [2.05, 4.69) is 27.0 Å². The topological polar surface area (TPSA) is 78.4 Å². The van der Waals surface area contributed by atoms with Gasteiger partial charge in [-0.15, -0.1) is 16.8 Å². The second kappa shape index (κ2) is 9.48. The van der Waals surface area contributed by atoms with Gasteiger partial charge in [0.05, 0.1) is 0 Å². The Morgan fingerprint density at radius 1 is 1.25 bits per heavy atom. The van der Waals surface area contributed by atoms with Crippen molar-refractivity contribution < 1.29 is 9.59 Å². The van der Waals surface area contributed by atoms with E-state index >= 15 is 0 Å². The zero-order valence-electron chi connectivity index (χ0n) is 14.2. The van der Waals surface area contributed by atoms with Crippen LogP contribution in [0.2, 0.25) is 0 Å². The van der Waals surface area contributed by atoms with Crippen LogP contribution in [0.25, 0.3) is 0 Å². The molecule has 1 aromatic rings. The molecule has 0 unspecified atom stereocenters. The highest BCUT2D eigenvalue weighted by Crippen LogP contribution is 2.16. The van der Waals surface area contributed by atoms with Gasteiger partial charge in [0.2, 0.25) is 16.9 Å². The average molecular weight is 351 g/mol. The van der Waals surface area contributed by atoms with Crippen molar-refractivity contribution in [2.45, 2.75) is 32.6 Å². The van der Waals surface area contributed by atoms with Crippen molar-refractivity contribution in [3.63, 3.8) is 0 Å². The fourth-order valence-corrected chi connectivity index (χ4v) is 3.29. The minimum absolute atomic E-state index is 0.0390. The number of rotatable bonds is 7. The number of carbonyl (C=O) groups excluding carboxylic acids is 2. The summed E-state index contributed by atoms with van der Waals surface area (Å²) in [4.78, 5) is 28.4. The molecule has 132 valence electrons. The number of anilines is 1. The summed E-state index contributed by atoms with van der Waals surface area (Å²) in [6.07, 6.45) is 4.04. The van der Waals surface area contributed by atoms with E-state index in [4.69, 9.17) is 0 Å². The zero-order valence-corrected chi connectivity index (χ0v) is 15.0. The van der Waals surface area contributed by atoms with Crippen LogP contribution in [0.15, 0.2) is 12.7 Å². The van der Waals surface area contributed by atoms with E-state index in [-0.39, 0.29) is 24.7 Å². The van der Waals surface area contributed by atoms with E-state index < -0.39 is 0 Å². The molecular formula is C16H25N5O2S. The van der Waals surface area contributed by atoms with Crippen molar-refractivity contribution in [2.24, 2.45) is 0 Å². The van der Waals surface area contributed by atoms with E-state index in [1.165, 1.54) is 11.3 Å². The molecule has 2 rings (SSSR count). The Balaban J connectivity index is 1.73. The molecular weight excluding hydrogens is 326 g/mol. The van der Waals surface area contributed by atoms with E-state index in [0.717, 1.165) is 44.0 Å². The van der Waals surface area contributed by atoms with Gasteiger partial charge in [-0.25, -0.2) is 0 Å². The van der Waals surface area contributed by atoms with E-state index in [9.17, 15) is 9.59 Å². The van der Waals surface area contributed by atoms with Crippen molar-refractivity contribution in [1.82, 2.24) is 20.0 Å². The lowest BCUT2D eigenvalue weighted by Gasteiger charge is -2.21. The first kappa shape index (κ1) is 18.5. The first-order valence-electron chi connectivity index (χ1n) is 8.35. The molecule has 0 saturated carbocycles. The summed E-state index contributed by atoms with van der Waals surface area (Å²) in [6.45, 7) is 9.90. The Kier molecular flexibility index (Phi) is 7.33. The van der Waals surface area contributed by atoms with Crippen LogP contribution in [0.3, 0.4) is 0 Å². The lowest BCUT2D eigenvalue weighted by atomic mass is 10.2. The molecule has 0 aromatic carbocycles. The highest BCUT2D eigenvalue weighted by molar-refractivity contribution is 7.15. The molecule has 2 amide bonds. The van der Waals surface area contributed by atoms with Crippen LogP contribution in [-0.2, 0) is 16.0 Å². The van der Waals surface area contributed by atoms with E-state index in [0.29, 0.717) is 11.7 Å². The van der Waals surface area contributed by atoms with Crippen molar-refractivity contribution in [3.8, 4) is 0 Å². The molecule has 7 nitrogen and oxygen atoms in total. The van der Waals surface area contributed by atoms with Gasteiger partial charge in [-0.3, -0.25) is 14.5 Å². The van der Waals surface area contributed by atoms with Crippen molar-refractivity contribution in [1.29, 1.82) is 0 Å². The van der Waals surface area contributed by atoms with Gasteiger partial charge in [0.1, 0.15) is 5.01 Å². The van der Waals surface area contributed by atoms with Crippen LogP contribution in [0, 0.1) is 0 Å². The number of nitrogens with zero attached hydrogens (tertiary/aromatic N) is 4. The fourth-order valence-electron chi connectivity index (χ4n) is 2.59. The molecule has 1 aliphatic rings. The van der Waals surface area contributed by atoms with Crippen molar-refractivity contribution in [3.05, 3.63) is 17.7 Å². The number of aromatic nitrogens is 2. The van der Waals surface area contributed by atoms with Crippen molar-refractivity contribution >= 4 is 28.3 Å². The summed E-state index contributed by atoms with van der Waals surface area (Å²) in [5.41, 5.74) is 0. The van der Waals surface area contributed by atoms with Crippen LogP contribution >= 0.6 is 11.3 Å². The standard InChI is InChI=1S/C16H25N5O2S/c1-3-8-20-9-5-10-21(12-11-20)15(23)7-6-13(22)17-16-19-18-14(4-2)24-16/h3H,1,4-12H2,2H3,(H,17,19,22). The summed E-state index contributed by atoms with van der Waals surface area (Å²) in [5, 5.41) is 12.0. The number of hydrogen-bond donors (Lipinski definition) is 1. The zero-order chi connectivity index (χ0) is 17.4. The lowest BCUT2D eigenvalue weighted by molar-refractivity contribution is -0.132. The fraction of sp³-hybridized carbons (Fsp3) is 0.625. The molecule has 1 saturated heterocycles. The molecule has 0 radical (unpaired) electrons. The number of amides is 2. The maximum Gasteiger partial charge on any atom is 0.226 e. The molecule has 2 heterocycles. The molecule has 8 heteroatoms. The average Bonchev–Trinajstić information content (AvgIpc) is 2.89. The molecule has 0 atom stereocenters. The minimum Gasteiger partial charge on any atom is -0.341 e. The molecule has 0 aliphatic carbocycles. The van der Waals surface area contributed by atoms with Gasteiger partial charge in [0, 0.05) is 45.6 Å². The largest absolute Gasteiger partial charge is 0.341 e. The highest BCUT2D eigenvalue weighted by Gasteiger charge is 2.19. The Morgan fingerprint density at radius 3 is 2.79 bits per heavy atom. The summed E-state index contributed by atoms with van der Waals surface area (Å²) in [6, 6.07) is 0. The first-order valence-corrected chi connectivity index (χ1v) is 9.17. The number of aryl methyl sites for hydroxylation is 1. The van der Waals surface area contributed by atoms with Crippen LogP contribution < -0.4 is 5.32 Å². The normalized spacial score (nSPS) is 15.8. The monoisotopic (exact) mass is 351 g/mol. The molecule has 1 aliphatic heterocycles. The van der Waals surface area contributed by atoms with Gasteiger partial charge in [-0.05, 0) is 12.8 Å². The summed E-state index contributed by atoms with van der Waals surface area (Å²) >= 11 is 1.37. The molecule has 1 N–H and O–H groups in total. The second-order valence-electron chi connectivity index (χ2n) is 5.73. The predicted molar refractivity (Wildman–Crippen MR) is 95.0 cm³/mol.